The van der Waals surface area contributed by atoms with Crippen molar-refractivity contribution in [1.29, 1.82) is 0 Å². The van der Waals surface area contributed by atoms with E-state index in [2.05, 4.69) is 74.1 Å². The Balaban J connectivity index is 0.000000560. The van der Waals surface area contributed by atoms with Crippen LogP contribution in [0.2, 0.25) is 0 Å². The molecule has 34 heavy (non-hydrogen) atoms. The lowest BCUT2D eigenvalue weighted by Gasteiger charge is -2.14. The van der Waals surface area contributed by atoms with Crippen LogP contribution in [0, 0.1) is 0 Å². The molecule has 4 aromatic rings. The molecule has 8 nitrogen and oxygen atoms in total. The largest absolute Gasteiger partial charge is 0.481 e. The number of aromatic nitrogens is 1. The molecule has 2 aliphatic heterocycles. The third kappa shape index (κ3) is 4.66. The predicted octanol–water partition coefficient (Wildman–Crippen LogP) is 4.15. The maximum Gasteiger partial charge on any atom is 0.300 e. The molecule has 4 N–H and O–H groups in total. The van der Waals surface area contributed by atoms with E-state index >= 15 is 0 Å². The van der Waals surface area contributed by atoms with Gasteiger partial charge in [0.15, 0.2) is 0 Å². The number of carboxylic acid groups (broad SMARTS) is 1. The maximum absolute atomic E-state index is 9.00. The van der Waals surface area contributed by atoms with E-state index < -0.39 is 5.97 Å². The van der Waals surface area contributed by atoms with Crippen LogP contribution in [0.15, 0.2) is 62.9 Å². The van der Waals surface area contributed by atoms with E-state index in [0.717, 1.165) is 96.7 Å². The van der Waals surface area contributed by atoms with Crippen LogP contribution in [-0.4, -0.2) is 53.9 Å². The molecule has 2 aliphatic rings. The number of carboxylic acids is 1. The number of carbonyl (C=O) groups is 1. The van der Waals surface area contributed by atoms with E-state index in [-0.39, 0.29) is 0 Å². The Morgan fingerprint density at radius 1 is 0.882 bits per heavy atom. The van der Waals surface area contributed by atoms with E-state index in [1.807, 2.05) is 0 Å². The van der Waals surface area contributed by atoms with Crippen molar-refractivity contribution < 1.29 is 14.3 Å². The Hall–Kier alpha value is -4.07. The first-order valence-corrected chi connectivity index (χ1v) is 11.5. The van der Waals surface area contributed by atoms with Crippen LogP contribution in [0.5, 0.6) is 0 Å². The van der Waals surface area contributed by atoms with E-state index in [4.69, 9.17) is 14.3 Å². The average molecular weight is 458 g/mol. The Labute approximate surface area is 196 Å². The summed E-state index contributed by atoms with van der Waals surface area (Å²) in [7, 11) is 0. The topological polar surface area (TPSA) is 115 Å². The fourth-order valence-corrected chi connectivity index (χ4v) is 4.17. The smallest absolute Gasteiger partial charge is 0.300 e. The number of hydrogen-bond acceptors (Lipinski definition) is 6. The van der Waals surface area contributed by atoms with Crippen LogP contribution >= 0.6 is 0 Å². The highest BCUT2D eigenvalue weighted by Crippen LogP contribution is 2.31. The summed E-state index contributed by atoms with van der Waals surface area (Å²) in [5.74, 6) is 1.95. The molecular weight excluding hydrogens is 430 g/mol. The van der Waals surface area contributed by atoms with E-state index in [1.54, 1.807) is 0 Å². The molecule has 0 aliphatic carbocycles. The number of aliphatic imine (C=N–C) groups is 2. The molecule has 2 aromatic heterocycles. The molecule has 0 radical (unpaired) electrons. The molecule has 0 bridgehead atoms. The Kier molecular flexibility index (Phi) is 6.03. The number of furan rings is 1. The van der Waals surface area contributed by atoms with Crippen molar-refractivity contribution in [3.8, 4) is 11.3 Å². The van der Waals surface area contributed by atoms with Crippen LogP contribution in [-0.2, 0) is 4.79 Å². The van der Waals surface area contributed by atoms with Crippen molar-refractivity contribution in [2.24, 2.45) is 9.98 Å². The van der Waals surface area contributed by atoms with Gasteiger partial charge in [-0.1, -0.05) is 24.3 Å². The van der Waals surface area contributed by atoms with Crippen LogP contribution < -0.4 is 10.6 Å². The minimum atomic E-state index is -0.833. The van der Waals surface area contributed by atoms with Crippen molar-refractivity contribution in [2.45, 2.75) is 19.8 Å². The van der Waals surface area contributed by atoms with Crippen LogP contribution in [0.1, 0.15) is 31.0 Å². The standard InChI is InChI=1S/C24H23N5O.C2H4O2/c1-7-25-23(26-8-1)18-6-5-17-13-21(30-22(17)14-18)16-4-3-15-11-20(29-19(15)12-16)24-27-9-2-10-28-24;1-2(3)4/h3-6,11-14,29H,1-2,7-10H2,(H,25,26)(H,27,28);1H3,(H,3,4). The fraction of sp³-hybridized carbons (Fsp3) is 0.269. The molecule has 0 amide bonds. The van der Waals surface area contributed by atoms with Crippen LogP contribution in [0.4, 0.5) is 0 Å². The summed E-state index contributed by atoms with van der Waals surface area (Å²) in [5, 5.41) is 16.4. The van der Waals surface area contributed by atoms with Crippen LogP contribution in [0.25, 0.3) is 33.2 Å². The van der Waals surface area contributed by atoms with Gasteiger partial charge in [0.1, 0.15) is 23.0 Å². The van der Waals surface area contributed by atoms with Gasteiger partial charge in [-0.05, 0) is 37.1 Å². The van der Waals surface area contributed by atoms with Gasteiger partial charge in [0.05, 0.1) is 5.69 Å². The second kappa shape index (κ2) is 9.43. The number of H-pyrrole nitrogens is 1. The SMILES string of the molecule is CC(=O)O.c1cc2cc(-c3ccc4cc(C5=NCCCN5)[nH]c4c3)oc2cc1C1=NCCCN1. The number of amidine groups is 2. The number of hydrogen-bond donors (Lipinski definition) is 4. The average Bonchev–Trinajstić information content (AvgIpc) is 3.48. The highest BCUT2D eigenvalue weighted by Gasteiger charge is 2.14. The van der Waals surface area contributed by atoms with Gasteiger partial charge in [-0.3, -0.25) is 14.8 Å². The third-order valence-electron chi connectivity index (χ3n) is 5.75. The van der Waals surface area contributed by atoms with Gasteiger partial charge >= 0.3 is 0 Å². The van der Waals surface area contributed by atoms with Crippen molar-refractivity contribution in [3.05, 3.63) is 59.8 Å². The van der Waals surface area contributed by atoms with Gasteiger partial charge in [0.25, 0.3) is 5.97 Å². The van der Waals surface area contributed by atoms with E-state index in [9.17, 15) is 0 Å². The minimum absolute atomic E-state index is 0.833. The van der Waals surface area contributed by atoms with Gasteiger partial charge in [-0.25, -0.2) is 0 Å². The summed E-state index contributed by atoms with van der Waals surface area (Å²) in [6.07, 6.45) is 2.17. The zero-order valence-electron chi connectivity index (χ0n) is 19.0. The molecule has 2 aromatic carbocycles. The minimum Gasteiger partial charge on any atom is -0.481 e. The zero-order valence-corrected chi connectivity index (χ0v) is 19.0. The van der Waals surface area contributed by atoms with Crippen LogP contribution in [0.3, 0.4) is 0 Å². The number of rotatable bonds is 3. The summed E-state index contributed by atoms with van der Waals surface area (Å²) < 4.78 is 6.22. The summed E-state index contributed by atoms with van der Waals surface area (Å²) in [4.78, 5) is 21.7. The molecule has 4 heterocycles. The Bertz CT molecular complexity index is 1380. The summed E-state index contributed by atoms with van der Waals surface area (Å²) in [6.45, 7) is 4.79. The molecule has 0 fully saturated rings. The van der Waals surface area contributed by atoms with Gasteiger partial charge in [-0.15, -0.1) is 0 Å². The lowest BCUT2D eigenvalue weighted by Crippen LogP contribution is -2.30. The van der Waals surface area contributed by atoms with Gasteiger partial charge in [0, 0.05) is 60.5 Å². The molecule has 0 spiro atoms. The predicted molar refractivity (Wildman–Crippen MR) is 135 cm³/mol. The lowest BCUT2D eigenvalue weighted by molar-refractivity contribution is -0.134. The normalized spacial score (nSPS) is 15.6. The first-order valence-electron chi connectivity index (χ1n) is 11.5. The molecule has 0 atom stereocenters. The monoisotopic (exact) mass is 457 g/mol. The van der Waals surface area contributed by atoms with Crippen molar-refractivity contribution >= 4 is 39.5 Å². The zero-order chi connectivity index (χ0) is 23.5. The number of fused-ring (bicyclic) bond motifs is 2. The molecule has 8 heteroatoms. The third-order valence-corrected chi connectivity index (χ3v) is 5.75. The molecule has 0 saturated heterocycles. The van der Waals surface area contributed by atoms with Crippen molar-refractivity contribution in [1.82, 2.24) is 15.6 Å². The number of aliphatic carboxylic acids is 1. The first kappa shape index (κ1) is 21.8. The molecule has 174 valence electrons. The van der Waals surface area contributed by atoms with E-state index in [0.29, 0.717) is 0 Å². The number of aromatic amines is 1. The second-order valence-corrected chi connectivity index (χ2v) is 8.39. The molecular formula is C26H27N5O3. The van der Waals surface area contributed by atoms with Gasteiger partial charge in [0.2, 0.25) is 0 Å². The highest BCUT2D eigenvalue weighted by atomic mass is 16.4. The Morgan fingerprint density at radius 3 is 2.26 bits per heavy atom. The molecule has 6 rings (SSSR count). The van der Waals surface area contributed by atoms with E-state index in [1.165, 1.54) is 5.39 Å². The first-order chi connectivity index (χ1) is 16.6. The van der Waals surface area contributed by atoms with Crippen molar-refractivity contribution in [3.63, 3.8) is 0 Å². The summed E-state index contributed by atoms with van der Waals surface area (Å²) >= 11 is 0. The summed E-state index contributed by atoms with van der Waals surface area (Å²) in [5.41, 5.74) is 5.13. The van der Waals surface area contributed by atoms with Crippen molar-refractivity contribution in [2.75, 3.05) is 26.2 Å². The Morgan fingerprint density at radius 2 is 1.56 bits per heavy atom. The lowest BCUT2D eigenvalue weighted by atomic mass is 10.1. The van der Waals surface area contributed by atoms with Gasteiger partial charge in [-0.2, -0.15) is 0 Å². The highest BCUT2D eigenvalue weighted by molar-refractivity contribution is 6.03. The molecule has 0 unspecified atom stereocenters. The molecule has 0 saturated carbocycles. The fourth-order valence-electron chi connectivity index (χ4n) is 4.17. The second-order valence-electron chi connectivity index (χ2n) is 8.39. The van der Waals surface area contributed by atoms with Gasteiger partial charge < -0.3 is 25.1 Å². The quantitative estimate of drug-likeness (QED) is 0.369. The number of nitrogens with zero attached hydrogens (tertiary/aromatic N) is 2. The summed E-state index contributed by atoms with van der Waals surface area (Å²) in [6, 6.07) is 16.9. The number of nitrogens with one attached hydrogen (secondary N) is 3. The maximum atomic E-state index is 9.00. The number of benzene rings is 2.